The Labute approximate surface area is 89.8 Å². The van der Waals surface area contributed by atoms with Crippen LogP contribution >= 0.6 is 0 Å². The minimum Gasteiger partial charge on any atom is -0.481 e. The summed E-state index contributed by atoms with van der Waals surface area (Å²) in [5.41, 5.74) is 0. The molecule has 0 aliphatic heterocycles. The lowest BCUT2D eigenvalue weighted by Crippen LogP contribution is -2.38. The number of allylic oxidation sites excluding steroid dienone is 1. The molecule has 0 aliphatic carbocycles. The number of carbonyl (C=O) groups is 2. The molecule has 15 heavy (non-hydrogen) atoms. The summed E-state index contributed by atoms with van der Waals surface area (Å²) in [5.74, 6) is -0.912. The van der Waals surface area contributed by atoms with Crippen LogP contribution in [0.4, 0.5) is 4.79 Å². The maximum atomic E-state index is 11.3. The number of nitrogens with one attached hydrogen (secondary N) is 1. The van der Waals surface area contributed by atoms with Crippen LogP contribution in [0.15, 0.2) is 12.7 Å². The topological polar surface area (TPSA) is 69.6 Å². The average Bonchev–Trinajstić information content (AvgIpc) is 2.17. The van der Waals surface area contributed by atoms with Crippen LogP contribution in [-0.4, -0.2) is 42.1 Å². The van der Waals surface area contributed by atoms with Gasteiger partial charge in [0.15, 0.2) is 0 Å². The van der Waals surface area contributed by atoms with E-state index in [0.29, 0.717) is 6.54 Å². The van der Waals surface area contributed by atoms with Gasteiger partial charge in [-0.2, -0.15) is 0 Å². The highest BCUT2D eigenvalue weighted by atomic mass is 16.4. The van der Waals surface area contributed by atoms with Crippen LogP contribution in [-0.2, 0) is 4.79 Å². The van der Waals surface area contributed by atoms with Crippen molar-refractivity contribution in [2.45, 2.75) is 19.3 Å². The number of hydrogen-bond donors (Lipinski definition) is 2. The molecule has 0 saturated carbocycles. The van der Waals surface area contributed by atoms with Crippen molar-refractivity contribution < 1.29 is 14.7 Å². The lowest BCUT2D eigenvalue weighted by atomic mass is 10.3. The zero-order valence-corrected chi connectivity index (χ0v) is 9.03. The summed E-state index contributed by atoms with van der Waals surface area (Å²) in [6.07, 6.45) is 3.49. The normalized spacial score (nSPS) is 9.40. The van der Waals surface area contributed by atoms with Gasteiger partial charge in [-0.25, -0.2) is 4.79 Å². The first-order valence-corrected chi connectivity index (χ1v) is 4.89. The second-order valence-electron chi connectivity index (χ2n) is 3.23. The van der Waals surface area contributed by atoms with Crippen molar-refractivity contribution in [1.29, 1.82) is 0 Å². The van der Waals surface area contributed by atoms with Gasteiger partial charge in [0.1, 0.15) is 0 Å². The van der Waals surface area contributed by atoms with Crippen LogP contribution < -0.4 is 5.32 Å². The number of rotatable bonds is 7. The summed E-state index contributed by atoms with van der Waals surface area (Å²) >= 11 is 0. The number of carboxylic acids is 1. The fraction of sp³-hybridized carbons (Fsp3) is 0.600. The summed E-state index contributed by atoms with van der Waals surface area (Å²) in [7, 11) is 1.68. The number of hydrogen-bond acceptors (Lipinski definition) is 2. The maximum absolute atomic E-state index is 11.3. The molecule has 0 bridgehead atoms. The summed E-state index contributed by atoms with van der Waals surface area (Å²) < 4.78 is 0. The first kappa shape index (κ1) is 13.5. The first-order chi connectivity index (χ1) is 7.07. The van der Waals surface area contributed by atoms with E-state index in [1.165, 1.54) is 4.90 Å². The molecule has 0 radical (unpaired) electrons. The molecule has 0 aromatic rings. The molecule has 0 rings (SSSR count). The zero-order chi connectivity index (χ0) is 11.7. The van der Waals surface area contributed by atoms with E-state index in [1.54, 1.807) is 13.1 Å². The fourth-order valence-electron chi connectivity index (χ4n) is 0.986. The van der Waals surface area contributed by atoms with E-state index in [1.807, 2.05) is 0 Å². The average molecular weight is 214 g/mol. The van der Waals surface area contributed by atoms with Crippen LogP contribution in [0.2, 0.25) is 0 Å². The lowest BCUT2D eigenvalue weighted by molar-refractivity contribution is -0.136. The Morgan fingerprint density at radius 2 is 2.20 bits per heavy atom. The Morgan fingerprint density at radius 1 is 1.53 bits per heavy atom. The van der Waals surface area contributed by atoms with Gasteiger partial charge >= 0.3 is 12.0 Å². The standard InChI is InChI=1S/C10H18N2O3/c1-3-4-5-8-12(2)10(15)11-7-6-9(13)14/h3H,1,4-8H2,2H3,(H,11,15)(H,13,14). The smallest absolute Gasteiger partial charge is 0.317 e. The maximum Gasteiger partial charge on any atom is 0.317 e. The van der Waals surface area contributed by atoms with E-state index in [4.69, 9.17) is 5.11 Å². The van der Waals surface area contributed by atoms with E-state index < -0.39 is 5.97 Å². The number of nitrogens with zero attached hydrogens (tertiary/aromatic N) is 1. The monoisotopic (exact) mass is 214 g/mol. The molecule has 0 unspecified atom stereocenters. The number of aliphatic carboxylic acids is 1. The van der Waals surface area contributed by atoms with Gasteiger partial charge in [0.2, 0.25) is 0 Å². The Hall–Kier alpha value is -1.52. The summed E-state index contributed by atoms with van der Waals surface area (Å²) in [6, 6.07) is -0.236. The molecule has 5 heteroatoms. The molecular formula is C10H18N2O3. The highest BCUT2D eigenvalue weighted by Crippen LogP contribution is 1.93. The number of urea groups is 1. The largest absolute Gasteiger partial charge is 0.481 e. The van der Waals surface area contributed by atoms with Crippen molar-refractivity contribution in [1.82, 2.24) is 10.2 Å². The molecule has 0 aliphatic rings. The predicted molar refractivity (Wildman–Crippen MR) is 57.7 cm³/mol. The quantitative estimate of drug-likeness (QED) is 0.492. The van der Waals surface area contributed by atoms with Crippen LogP contribution in [0.1, 0.15) is 19.3 Å². The number of amides is 2. The highest BCUT2D eigenvalue weighted by molar-refractivity contribution is 5.74. The van der Waals surface area contributed by atoms with E-state index in [-0.39, 0.29) is 19.0 Å². The molecule has 0 heterocycles. The zero-order valence-electron chi connectivity index (χ0n) is 9.03. The predicted octanol–water partition coefficient (Wildman–Crippen LogP) is 1.07. The SMILES string of the molecule is C=CCCCN(C)C(=O)NCCC(=O)O. The van der Waals surface area contributed by atoms with Gasteiger partial charge in [-0.3, -0.25) is 4.79 Å². The molecule has 0 aromatic heterocycles. The fourth-order valence-corrected chi connectivity index (χ4v) is 0.986. The summed E-state index contributed by atoms with van der Waals surface area (Å²) in [4.78, 5) is 23.0. The summed E-state index contributed by atoms with van der Waals surface area (Å²) in [6.45, 7) is 4.40. The van der Waals surface area contributed by atoms with Crippen molar-refractivity contribution in [2.75, 3.05) is 20.1 Å². The third-order valence-corrected chi connectivity index (χ3v) is 1.86. The molecule has 0 spiro atoms. The molecule has 0 fully saturated rings. The molecule has 2 N–H and O–H groups in total. The molecule has 5 nitrogen and oxygen atoms in total. The Bertz CT molecular complexity index is 229. The number of unbranched alkanes of at least 4 members (excludes halogenated alkanes) is 1. The van der Waals surface area contributed by atoms with E-state index in [9.17, 15) is 9.59 Å². The number of carbonyl (C=O) groups excluding carboxylic acids is 1. The van der Waals surface area contributed by atoms with Crippen molar-refractivity contribution in [3.8, 4) is 0 Å². The van der Waals surface area contributed by atoms with Crippen molar-refractivity contribution in [3.05, 3.63) is 12.7 Å². The van der Waals surface area contributed by atoms with Crippen molar-refractivity contribution in [2.24, 2.45) is 0 Å². The second-order valence-corrected chi connectivity index (χ2v) is 3.23. The number of carboxylic acid groups (broad SMARTS) is 1. The van der Waals surface area contributed by atoms with Crippen molar-refractivity contribution >= 4 is 12.0 Å². The Morgan fingerprint density at radius 3 is 2.73 bits per heavy atom. The molecular weight excluding hydrogens is 196 g/mol. The van der Waals surface area contributed by atoms with E-state index in [2.05, 4.69) is 11.9 Å². The third-order valence-electron chi connectivity index (χ3n) is 1.86. The van der Waals surface area contributed by atoms with E-state index >= 15 is 0 Å². The van der Waals surface area contributed by atoms with Crippen molar-refractivity contribution in [3.63, 3.8) is 0 Å². The first-order valence-electron chi connectivity index (χ1n) is 4.89. The van der Waals surface area contributed by atoms with Crippen LogP contribution in [0.3, 0.4) is 0 Å². The van der Waals surface area contributed by atoms with Gasteiger partial charge in [-0.15, -0.1) is 6.58 Å². The van der Waals surface area contributed by atoms with Gasteiger partial charge < -0.3 is 15.3 Å². The van der Waals surface area contributed by atoms with Crippen LogP contribution in [0.25, 0.3) is 0 Å². The Kier molecular flexibility index (Phi) is 7.05. The molecule has 0 atom stereocenters. The second kappa shape index (κ2) is 7.84. The molecule has 0 aromatic carbocycles. The van der Waals surface area contributed by atoms with Crippen LogP contribution in [0, 0.1) is 0 Å². The third kappa shape index (κ3) is 7.54. The van der Waals surface area contributed by atoms with Gasteiger partial charge in [0.05, 0.1) is 6.42 Å². The Balaban J connectivity index is 3.59. The summed E-state index contributed by atoms with van der Waals surface area (Å²) in [5, 5.41) is 10.9. The minimum atomic E-state index is -0.912. The van der Waals surface area contributed by atoms with Crippen LogP contribution in [0.5, 0.6) is 0 Å². The highest BCUT2D eigenvalue weighted by Gasteiger charge is 2.07. The molecule has 0 saturated heterocycles. The lowest BCUT2D eigenvalue weighted by Gasteiger charge is -2.16. The van der Waals surface area contributed by atoms with Gasteiger partial charge in [0, 0.05) is 20.1 Å². The molecule has 2 amide bonds. The minimum absolute atomic E-state index is 0.0494. The molecule has 86 valence electrons. The van der Waals surface area contributed by atoms with Gasteiger partial charge in [-0.1, -0.05) is 6.08 Å². The van der Waals surface area contributed by atoms with Gasteiger partial charge in [-0.05, 0) is 12.8 Å². The van der Waals surface area contributed by atoms with E-state index in [0.717, 1.165) is 12.8 Å². The van der Waals surface area contributed by atoms with Gasteiger partial charge in [0.25, 0.3) is 0 Å².